The van der Waals surface area contributed by atoms with E-state index in [4.69, 9.17) is 9.47 Å². The number of aromatic nitrogens is 2. The van der Waals surface area contributed by atoms with Crippen molar-refractivity contribution in [3.05, 3.63) is 63.9 Å². The third-order valence-electron chi connectivity index (χ3n) is 4.42. The molecular weight excluding hydrogens is 432 g/mol. The van der Waals surface area contributed by atoms with E-state index >= 15 is 0 Å². The first-order valence-corrected chi connectivity index (χ1v) is 11.1. The van der Waals surface area contributed by atoms with Gasteiger partial charge in [0, 0.05) is 28.1 Å². The molecule has 0 aliphatic heterocycles. The van der Waals surface area contributed by atoms with E-state index in [1.165, 1.54) is 11.3 Å². The van der Waals surface area contributed by atoms with Gasteiger partial charge in [-0.2, -0.15) is 0 Å². The minimum atomic E-state index is -0.280. The number of nitrogens with one attached hydrogen (secondary N) is 2. The predicted octanol–water partition coefficient (Wildman–Crippen LogP) is 5.59. The first kappa shape index (κ1) is 20.8. The van der Waals surface area contributed by atoms with Crippen LogP contribution in [0, 0.1) is 6.92 Å². The van der Waals surface area contributed by atoms with Gasteiger partial charge in [0.05, 0.1) is 30.6 Å². The van der Waals surface area contributed by atoms with E-state index in [2.05, 4.69) is 20.6 Å². The Morgan fingerprint density at radius 2 is 1.87 bits per heavy atom. The Kier molecular flexibility index (Phi) is 6.15. The second kappa shape index (κ2) is 9.15. The van der Waals surface area contributed by atoms with Crippen LogP contribution in [0.4, 0.5) is 16.5 Å². The highest BCUT2D eigenvalue weighted by atomic mass is 32.1. The fourth-order valence-corrected chi connectivity index (χ4v) is 4.22. The molecule has 2 aromatic heterocycles. The highest BCUT2D eigenvalue weighted by Crippen LogP contribution is 2.32. The summed E-state index contributed by atoms with van der Waals surface area (Å²) in [6.45, 7) is 1.97. The summed E-state index contributed by atoms with van der Waals surface area (Å²) in [5, 5.41) is 11.4. The SMILES string of the molecule is COc1ccc(Nc2nc(C(=O)Nc3cccc(-c4csc(C)n4)c3)cs2)c(OC)c1. The Hall–Kier alpha value is -3.43. The number of methoxy groups -OCH3 is 2. The van der Waals surface area contributed by atoms with Crippen molar-refractivity contribution in [1.82, 2.24) is 9.97 Å². The zero-order valence-electron chi connectivity index (χ0n) is 17.1. The lowest BCUT2D eigenvalue weighted by Gasteiger charge is -2.10. The number of nitrogens with zero attached hydrogens (tertiary/aromatic N) is 2. The molecule has 158 valence electrons. The van der Waals surface area contributed by atoms with E-state index in [-0.39, 0.29) is 5.91 Å². The quantitative estimate of drug-likeness (QED) is 0.380. The van der Waals surface area contributed by atoms with Crippen LogP contribution < -0.4 is 20.1 Å². The maximum atomic E-state index is 12.7. The van der Waals surface area contributed by atoms with Crippen molar-refractivity contribution in [3.63, 3.8) is 0 Å². The standard InChI is InChI=1S/C22H20N4O3S2/c1-13-23-18(11-30-13)14-5-4-6-15(9-14)24-21(27)19-12-31-22(26-19)25-17-8-7-16(28-2)10-20(17)29-3/h4-12H,1-3H3,(H,24,27)(H,25,26). The minimum absolute atomic E-state index is 0.280. The summed E-state index contributed by atoms with van der Waals surface area (Å²) >= 11 is 2.93. The highest BCUT2D eigenvalue weighted by Gasteiger charge is 2.14. The molecule has 2 heterocycles. The molecule has 4 rings (SSSR count). The zero-order chi connectivity index (χ0) is 21.8. The van der Waals surface area contributed by atoms with Crippen LogP contribution in [0.25, 0.3) is 11.3 Å². The molecule has 1 amide bonds. The smallest absolute Gasteiger partial charge is 0.275 e. The van der Waals surface area contributed by atoms with E-state index in [0.29, 0.717) is 28.0 Å². The molecule has 0 spiro atoms. The number of thiazole rings is 2. The van der Waals surface area contributed by atoms with Gasteiger partial charge in [-0.25, -0.2) is 9.97 Å². The van der Waals surface area contributed by atoms with Gasteiger partial charge in [0.25, 0.3) is 5.91 Å². The molecule has 4 aromatic rings. The lowest BCUT2D eigenvalue weighted by molar-refractivity contribution is 0.102. The molecule has 0 radical (unpaired) electrons. The molecule has 0 aliphatic rings. The van der Waals surface area contributed by atoms with Crippen LogP contribution in [0.2, 0.25) is 0 Å². The van der Waals surface area contributed by atoms with Gasteiger partial charge in [-0.1, -0.05) is 12.1 Å². The van der Waals surface area contributed by atoms with Crippen molar-refractivity contribution in [2.24, 2.45) is 0 Å². The molecule has 0 aliphatic carbocycles. The van der Waals surface area contributed by atoms with Crippen LogP contribution in [-0.2, 0) is 0 Å². The van der Waals surface area contributed by atoms with Gasteiger partial charge in [0.1, 0.15) is 17.2 Å². The van der Waals surface area contributed by atoms with Crippen molar-refractivity contribution in [1.29, 1.82) is 0 Å². The van der Waals surface area contributed by atoms with Gasteiger partial charge >= 0.3 is 0 Å². The molecule has 7 nitrogen and oxygen atoms in total. The molecule has 31 heavy (non-hydrogen) atoms. The third-order valence-corrected chi connectivity index (χ3v) is 5.95. The second-order valence-corrected chi connectivity index (χ2v) is 8.44. The number of amides is 1. The van der Waals surface area contributed by atoms with Gasteiger partial charge in [0.15, 0.2) is 5.13 Å². The summed E-state index contributed by atoms with van der Waals surface area (Å²) in [5.41, 5.74) is 3.60. The summed E-state index contributed by atoms with van der Waals surface area (Å²) < 4.78 is 10.6. The molecule has 0 saturated carbocycles. The van der Waals surface area contributed by atoms with Gasteiger partial charge < -0.3 is 20.1 Å². The number of rotatable bonds is 7. The molecule has 0 unspecified atom stereocenters. The number of benzene rings is 2. The Bertz CT molecular complexity index is 1220. The number of anilines is 3. The van der Waals surface area contributed by atoms with E-state index in [9.17, 15) is 4.79 Å². The number of ether oxygens (including phenoxy) is 2. The molecule has 0 bridgehead atoms. The molecule has 0 fully saturated rings. The summed E-state index contributed by atoms with van der Waals surface area (Å²) in [6.07, 6.45) is 0. The topological polar surface area (TPSA) is 85.4 Å². The summed E-state index contributed by atoms with van der Waals surface area (Å²) in [6, 6.07) is 13.0. The van der Waals surface area contributed by atoms with Crippen molar-refractivity contribution >= 4 is 45.1 Å². The van der Waals surface area contributed by atoms with Crippen LogP contribution in [0.15, 0.2) is 53.2 Å². The van der Waals surface area contributed by atoms with E-state index in [1.807, 2.05) is 48.7 Å². The number of carbonyl (C=O) groups is 1. The third kappa shape index (κ3) is 4.84. The fourth-order valence-electron chi connectivity index (χ4n) is 2.90. The fraction of sp³-hybridized carbons (Fsp3) is 0.136. The number of hydrogen-bond acceptors (Lipinski definition) is 8. The largest absolute Gasteiger partial charge is 0.497 e. The zero-order valence-corrected chi connectivity index (χ0v) is 18.8. The van der Waals surface area contributed by atoms with Crippen molar-refractivity contribution in [2.75, 3.05) is 24.9 Å². The van der Waals surface area contributed by atoms with Crippen molar-refractivity contribution < 1.29 is 14.3 Å². The normalized spacial score (nSPS) is 10.5. The Morgan fingerprint density at radius 3 is 2.61 bits per heavy atom. The van der Waals surface area contributed by atoms with Gasteiger partial charge in [-0.05, 0) is 31.2 Å². The van der Waals surface area contributed by atoms with Crippen molar-refractivity contribution in [2.45, 2.75) is 6.92 Å². The first-order chi connectivity index (χ1) is 15.1. The highest BCUT2D eigenvalue weighted by molar-refractivity contribution is 7.14. The molecule has 0 atom stereocenters. The number of carbonyl (C=O) groups excluding carboxylic acids is 1. The Morgan fingerprint density at radius 1 is 1.00 bits per heavy atom. The molecular formula is C22H20N4O3S2. The van der Waals surface area contributed by atoms with Crippen LogP contribution in [-0.4, -0.2) is 30.1 Å². The maximum Gasteiger partial charge on any atom is 0.275 e. The monoisotopic (exact) mass is 452 g/mol. The molecule has 9 heteroatoms. The van der Waals surface area contributed by atoms with Crippen molar-refractivity contribution in [3.8, 4) is 22.8 Å². The first-order valence-electron chi connectivity index (χ1n) is 9.34. The number of hydrogen-bond donors (Lipinski definition) is 2. The summed E-state index contributed by atoms with van der Waals surface area (Å²) in [5.74, 6) is 1.03. The average Bonchev–Trinajstić information content (AvgIpc) is 3.43. The molecule has 2 N–H and O–H groups in total. The van der Waals surface area contributed by atoms with E-state index in [1.54, 1.807) is 37.0 Å². The molecule has 0 saturated heterocycles. The van der Waals surface area contributed by atoms with Gasteiger partial charge in [0.2, 0.25) is 0 Å². The minimum Gasteiger partial charge on any atom is -0.497 e. The summed E-state index contributed by atoms with van der Waals surface area (Å²) in [7, 11) is 3.18. The Balaban J connectivity index is 1.47. The second-order valence-electron chi connectivity index (χ2n) is 6.52. The average molecular weight is 453 g/mol. The van der Waals surface area contributed by atoms with Gasteiger partial charge in [-0.15, -0.1) is 22.7 Å². The lowest BCUT2D eigenvalue weighted by Crippen LogP contribution is -2.12. The van der Waals surface area contributed by atoms with E-state index < -0.39 is 0 Å². The van der Waals surface area contributed by atoms with E-state index in [0.717, 1.165) is 22.0 Å². The van der Waals surface area contributed by atoms with Gasteiger partial charge in [-0.3, -0.25) is 4.79 Å². The predicted molar refractivity (Wildman–Crippen MR) is 125 cm³/mol. The lowest BCUT2D eigenvalue weighted by atomic mass is 10.1. The van der Waals surface area contributed by atoms with Crippen LogP contribution in [0.3, 0.4) is 0 Å². The van der Waals surface area contributed by atoms with Crippen LogP contribution in [0.1, 0.15) is 15.5 Å². The molecule has 2 aromatic carbocycles. The van der Waals surface area contributed by atoms with Crippen LogP contribution >= 0.6 is 22.7 Å². The maximum absolute atomic E-state index is 12.7. The van der Waals surface area contributed by atoms with Crippen LogP contribution in [0.5, 0.6) is 11.5 Å². The summed E-state index contributed by atoms with van der Waals surface area (Å²) in [4.78, 5) is 21.6. The Labute approximate surface area is 187 Å². The number of aryl methyl sites for hydroxylation is 1.